The molecular formula is C19H23N3O7S. The van der Waals surface area contributed by atoms with Crippen molar-refractivity contribution in [2.45, 2.75) is 19.9 Å². The van der Waals surface area contributed by atoms with Gasteiger partial charge in [-0.2, -0.15) is 0 Å². The van der Waals surface area contributed by atoms with Gasteiger partial charge in [0.05, 0.1) is 36.8 Å². The topological polar surface area (TPSA) is 128 Å². The van der Waals surface area contributed by atoms with Gasteiger partial charge in [-0.25, -0.2) is 8.42 Å². The molecule has 0 saturated heterocycles. The first kappa shape index (κ1) is 22.9. The highest BCUT2D eigenvalue weighted by Crippen LogP contribution is 2.35. The summed E-state index contributed by atoms with van der Waals surface area (Å²) in [5, 5.41) is 13.6. The molecule has 0 aliphatic rings. The van der Waals surface area contributed by atoms with E-state index in [0.717, 1.165) is 10.6 Å². The Morgan fingerprint density at radius 2 is 1.83 bits per heavy atom. The van der Waals surface area contributed by atoms with Crippen LogP contribution in [0.25, 0.3) is 0 Å². The molecule has 2 aromatic rings. The summed E-state index contributed by atoms with van der Waals surface area (Å²) in [6.45, 7) is 3.07. The van der Waals surface area contributed by atoms with E-state index in [1.54, 1.807) is 13.0 Å². The van der Waals surface area contributed by atoms with Gasteiger partial charge in [0, 0.05) is 18.2 Å². The highest BCUT2D eigenvalue weighted by atomic mass is 32.2. The summed E-state index contributed by atoms with van der Waals surface area (Å²) in [6.07, 6.45) is 0.967. The maximum atomic E-state index is 12.9. The smallest absolute Gasteiger partial charge is 0.271 e. The van der Waals surface area contributed by atoms with Crippen LogP contribution in [0.15, 0.2) is 36.4 Å². The fourth-order valence-corrected chi connectivity index (χ4v) is 4.02. The number of carbonyl (C=O) groups is 1. The molecule has 11 heteroatoms. The van der Waals surface area contributed by atoms with Crippen LogP contribution < -0.4 is 19.1 Å². The molecule has 1 amide bonds. The first-order valence-corrected chi connectivity index (χ1v) is 10.6. The summed E-state index contributed by atoms with van der Waals surface area (Å²) in [6, 6.07) is 7.41. The quantitative estimate of drug-likeness (QED) is 0.497. The summed E-state index contributed by atoms with van der Waals surface area (Å²) < 4.78 is 36.5. The molecule has 0 fully saturated rings. The molecule has 0 aliphatic carbocycles. The van der Waals surface area contributed by atoms with E-state index < -0.39 is 26.9 Å². The Hall–Kier alpha value is -3.34. The zero-order valence-corrected chi connectivity index (χ0v) is 18.0. The normalized spacial score (nSPS) is 12.0. The van der Waals surface area contributed by atoms with E-state index in [-0.39, 0.29) is 22.8 Å². The lowest BCUT2D eigenvalue weighted by Gasteiger charge is -2.29. The number of methoxy groups -OCH3 is 2. The van der Waals surface area contributed by atoms with Crippen LogP contribution in [0.4, 0.5) is 17.1 Å². The van der Waals surface area contributed by atoms with Crippen molar-refractivity contribution in [3.63, 3.8) is 0 Å². The molecule has 2 aromatic carbocycles. The van der Waals surface area contributed by atoms with E-state index in [1.807, 2.05) is 0 Å². The van der Waals surface area contributed by atoms with Crippen LogP contribution in [0.3, 0.4) is 0 Å². The molecule has 10 nitrogen and oxygen atoms in total. The van der Waals surface area contributed by atoms with Gasteiger partial charge in [-0.3, -0.25) is 19.2 Å². The molecule has 2 rings (SSSR count). The van der Waals surface area contributed by atoms with Crippen LogP contribution in [0.1, 0.15) is 12.5 Å². The number of hydrogen-bond donors (Lipinski definition) is 1. The molecule has 0 bridgehead atoms. The number of nitro groups is 1. The monoisotopic (exact) mass is 437 g/mol. The van der Waals surface area contributed by atoms with E-state index in [1.165, 1.54) is 51.5 Å². The van der Waals surface area contributed by atoms with E-state index in [4.69, 9.17) is 9.47 Å². The number of ether oxygens (including phenoxy) is 2. The number of benzene rings is 2. The Morgan fingerprint density at radius 3 is 2.37 bits per heavy atom. The second kappa shape index (κ2) is 8.99. The molecule has 30 heavy (non-hydrogen) atoms. The molecule has 0 heterocycles. The minimum Gasteiger partial charge on any atom is -0.497 e. The third-order valence-corrected chi connectivity index (χ3v) is 5.63. The molecule has 0 unspecified atom stereocenters. The second-order valence-electron chi connectivity index (χ2n) is 6.52. The van der Waals surface area contributed by atoms with Crippen LogP contribution in [0.5, 0.6) is 11.5 Å². The number of anilines is 2. The summed E-state index contributed by atoms with van der Waals surface area (Å²) in [5.74, 6) is -0.0668. The number of non-ortho nitro benzene ring substituents is 1. The average molecular weight is 437 g/mol. The van der Waals surface area contributed by atoms with Crippen molar-refractivity contribution in [2.24, 2.45) is 0 Å². The van der Waals surface area contributed by atoms with Gasteiger partial charge in [0.2, 0.25) is 15.9 Å². The molecule has 0 aliphatic heterocycles. The number of aryl methyl sites for hydroxylation is 1. The molecule has 0 aromatic heterocycles. The average Bonchev–Trinajstić information content (AvgIpc) is 2.68. The first-order chi connectivity index (χ1) is 14.0. The van der Waals surface area contributed by atoms with Gasteiger partial charge in [0.25, 0.3) is 5.69 Å². The van der Waals surface area contributed by atoms with Crippen molar-refractivity contribution >= 4 is 33.0 Å². The number of amides is 1. The molecule has 0 saturated carbocycles. The number of rotatable bonds is 8. The van der Waals surface area contributed by atoms with Gasteiger partial charge in [-0.1, -0.05) is 6.07 Å². The Morgan fingerprint density at radius 1 is 1.17 bits per heavy atom. The second-order valence-corrected chi connectivity index (χ2v) is 8.38. The van der Waals surface area contributed by atoms with Crippen molar-refractivity contribution in [3.8, 4) is 11.5 Å². The molecular weight excluding hydrogens is 414 g/mol. The lowest BCUT2D eigenvalue weighted by atomic mass is 10.1. The zero-order valence-electron chi connectivity index (χ0n) is 17.2. The Kier molecular flexibility index (Phi) is 6.88. The molecule has 0 spiro atoms. The lowest BCUT2D eigenvalue weighted by molar-refractivity contribution is -0.384. The van der Waals surface area contributed by atoms with Crippen molar-refractivity contribution in [1.82, 2.24) is 0 Å². The van der Waals surface area contributed by atoms with Crippen molar-refractivity contribution in [1.29, 1.82) is 0 Å². The predicted molar refractivity (Wildman–Crippen MR) is 113 cm³/mol. The van der Waals surface area contributed by atoms with Gasteiger partial charge < -0.3 is 14.8 Å². The fraction of sp³-hybridized carbons (Fsp3) is 0.316. The van der Waals surface area contributed by atoms with E-state index in [9.17, 15) is 23.3 Å². The Labute approximate surface area is 174 Å². The van der Waals surface area contributed by atoms with Crippen LogP contribution in [0.2, 0.25) is 0 Å². The standard InChI is InChI=1S/C19H23N3O7S/c1-12-6-7-14(22(24)25)10-16(12)20-19(23)13(2)21(30(5,26)27)17-11-15(28-3)8-9-18(17)29-4/h6-11,13H,1-5H3,(H,20,23)/t13-/m1/s1. The number of nitrogens with one attached hydrogen (secondary N) is 1. The molecule has 1 atom stereocenters. The van der Waals surface area contributed by atoms with Gasteiger partial charge in [-0.05, 0) is 31.5 Å². The molecule has 1 N–H and O–H groups in total. The highest BCUT2D eigenvalue weighted by Gasteiger charge is 2.32. The predicted octanol–water partition coefficient (Wildman–Crippen LogP) is 2.71. The van der Waals surface area contributed by atoms with Crippen molar-refractivity contribution < 1.29 is 27.6 Å². The number of nitrogens with zero attached hydrogens (tertiary/aromatic N) is 2. The minimum absolute atomic E-state index is 0.123. The van der Waals surface area contributed by atoms with Crippen LogP contribution in [0, 0.1) is 17.0 Å². The number of hydrogen-bond acceptors (Lipinski definition) is 7. The van der Waals surface area contributed by atoms with Gasteiger partial charge >= 0.3 is 0 Å². The SMILES string of the molecule is COc1ccc(OC)c(N([C@H](C)C(=O)Nc2cc([N+](=O)[O-])ccc2C)S(C)(=O)=O)c1. The Balaban J connectivity index is 2.47. The number of carbonyl (C=O) groups excluding carboxylic acids is 1. The molecule has 162 valence electrons. The fourth-order valence-electron chi connectivity index (χ4n) is 2.85. The van der Waals surface area contributed by atoms with Crippen LogP contribution in [-0.4, -0.2) is 45.8 Å². The summed E-state index contributed by atoms with van der Waals surface area (Å²) >= 11 is 0. The minimum atomic E-state index is -3.92. The molecule has 0 radical (unpaired) electrons. The maximum absolute atomic E-state index is 12.9. The van der Waals surface area contributed by atoms with Gasteiger partial charge in [0.1, 0.15) is 17.5 Å². The largest absolute Gasteiger partial charge is 0.497 e. The van der Waals surface area contributed by atoms with Gasteiger partial charge in [0.15, 0.2) is 0 Å². The first-order valence-electron chi connectivity index (χ1n) is 8.77. The number of nitro benzene ring substituents is 1. The van der Waals surface area contributed by atoms with Gasteiger partial charge in [-0.15, -0.1) is 0 Å². The summed E-state index contributed by atoms with van der Waals surface area (Å²) in [5.41, 5.74) is 0.730. The zero-order chi connectivity index (χ0) is 22.6. The highest BCUT2D eigenvalue weighted by molar-refractivity contribution is 7.92. The summed E-state index contributed by atoms with van der Waals surface area (Å²) in [7, 11) is -1.11. The summed E-state index contributed by atoms with van der Waals surface area (Å²) in [4.78, 5) is 23.3. The number of sulfonamides is 1. The van der Waals surface area contributed by atoms with E-state index in [0.29, 0.717) is 11.3 Å². The van der Waals surface area contributed by atoms with Crippen molar-refractivity contribution in [2.75, 3.05) is 30.1 Å². The third-order valence-electron chi connectivity index (χ3n) is 4.40. The lowest BCUT2D eigenvalue weighted by Crippen LogP contribution is -2.45. The maximum Gasteiger partial charge on any atom is 0.271 e. The Bertz CT molecular complexity index is 1070. The van der Waals surface area contributed by atoms with E-state index in [2.05, 4.69) is 5.32 Å². The van der Waals surface area contributed by atoms with E-state index >= 15 is 0 Å². The van der Waals surface area contributed by atoms with Crippen LogP contribution in [-0.2, 0) is 14.8 Å². The van der Waals surface area contributed by atoms with Crippen molar-refractivity contribution in [3.05, 3.63) is 52.1 Å². The van der Waals surface area contributed by atoms with Crippen LogP contribution >= 0.6 is 0 Å². The third kappa shape index (κ3) is 4.98.